The number of nitrogens with one attached hydrogen (secondary N) is 2. The molecule has 1 fully saturated rings. The predicted octanol–water partition coefficient (Wildman–Crippen LogP) is 5.36. The molecule has 0 spiro atoms. The molecule has 1 saturated carbocycles. The molecule has 39 heavy (non-hydrogen) atoms. The number of hydrogen-bond donors (Lipinski definition) is 2. The van der Waals surface area contributed by atoms with Crippen LogP contribution in [0.1, 0.15) is 18.4 Å². The van der Waals surface area contributed by atoms with Crippen LogP contribution in [0.3, 0.4) is 0 Å². The fraction of sp³-hybridized carbons (Fsp3) is 0.269. The molecule has 2 aromatic carbocycles. The zero-order chi connectivity index (χ0) is 28.0. The molecule has 5 rings (SSSR count). The number of fused-ring (bicyclic) bond motifs is 1. The van der Waals surface area contributed by atoms with Crippen molar-refractivity contribution in [1.82, 2.24) is 15.0 Å². The Morgan fingerprint density at radius 2 is 1.79 bits per heavy atom. The highest BCUT2D eigenvalue weighted by Gasteiger charge is 2.64. The lowest BCUT2D eigenvalue weighted by Gasteiger charge is -2.22. The normalized spacial score (nSPS) is 14.7. The Hall–Kier alpha value is -4.00. The van der Waals surface area contributed by atoms with Crippen LogP contribution < -0.4 is 15.4 Å². The number of nitrogens with zero attached hydrogens (tertiary/aromatic N) is 3. The standard InChI is InChI=1S/C26H23F4N5O3S/c1-38-20-9-6-16(13-21(20)39(2,36)37)18-7-8-19-22(32-18)23(35-25(10-11-25)26(28,29)30)34-24(33-19)31-14-15-4-3-5-17(27)12-15/h3-9,12-13H,10-11,14H2,1-2H3,(H2,31,33,34,35). The van der Waals surface area contributed by atoms with E-state index in [2.05, 4.69) is 25.6 Å². The van der Waals surface area contributed by atoms with Gasteiger partial charge in [0.2, 0.25) is 5.95 Å². The number of halogens is 4. The van der Waals surface area contributed by atoms with Crippen molar-refractivity contribution in [3.63, 3.8) is 0 Å². The van der Waals surface area contributed by atoms with Gasteiger partial charge in [0.25, 0.3) is 0 Å². The van der Waals surface area contributed by atoms with Crippen molar-refractivity contribution in [2.45, 2.75) is 36.0 Å². The first kappa shape index (κ1) is 26.6. The second-order valence-corrected chi connectivity index (χ2v) is 11.3. The molecule has 1 aliphatic rings. The van der Waals surface area contributed by atoms with Crippen LogP contribution in [0.15, 0.2) is 59.5 Å². The minimum absolute atomic E-state index is 0.0330. The number of aromatic nitrogens is 3. The Labute approximate surface area is 221 Å². The van der Waals surface area contributed by atoms with Crippen molar-refractivity contribution in [2.75, 3.05) is 24.0 Å². The number of methoxy groups -OCH3 is 1. The van der Waals surface area contributed by atoms with Crippen LogP contribution >= 0.6 is 0 Å². The third-order valence-electron chi connectivity index (χ3n) is 6.39. The van der Waals surface area contributed by atoms with Crippen molar-refractivity contribution in [1.29, 1.82) is 0 Å². The van der Waals surface area contributed by atoms with Gasteiger partial charge in [-0.15, -0.1) is 0 Å². The number of hydrogen-bond acceptors (Lipinski definition) is 8. The number of ether oxygens (including phenoxy) is 1. The minimum atomic E-state index is -4.52. The zero-order valence-corrected chi connectivity index (χ0v) is 21.6. The lowest BCUT2D eigenvalue weighted by atomic mass is 10.1. The van der Waals surface area contributed by atoms with Gasteiger partial charge in [0.15, 0.2) is 15.7 Å². The van der Waals surface area contributed by atoms with Gasteiger partial charge in [-0.3, -0.25) is 0 Å². The van der Waals surface area contributed by atoms with Crippen molar-refractivity contribution in [3.8, 4) is 17.0 Å². The number of alkyl halides is 3. The number of rotatable bonds is 8. The van der Waals surface area contributed by atoms with Gasteiger partial charge in [-0.05, 0) is 60.9 Å². The van der Waals surface area contributed by atoms with Gasteiger partial charge >= 0.3 is 6.18 Å². The van der Waals surface area contributed by atoms with E-state index in [0.717, 1.165) is 6.26 Å². The van der Waals surface area contributed by atoms with Crippen LogP contribution in [0.5, 0.6) is 5.75 Å². The third-order valence-corrected chi connectivity index (χ3v) is 7.51. The first-order valence-electron chi connectivity index (χ1n) is 11.8. The largest absolute Gasteiger partial charge is 0.495 e. The van der Waals surface area contributed by atoms with Crippen molar-refractivity contribution in [2.24, 2.45) is 0 Å². The first-order valence-corrected chi connectivity index (χ1v) is 13.7. The van der Waals surface area contributed by atoms with Gasteiger partial charge in [0.05, 0.1) is 18.3 Å². The molecule has 1 aliphatic carbocycles. The van der Waals surface area contributed by atoms with E-state index in [1.165, 1.54) is 31.4 Å². The van der Waals surface area contributed by atoms with E-state index in [4.69, 9.17) is 4.74 Å². The fourth-order valence-electron chi connectivity index (χ4n) is 4.13. The number of sulfone groups is 1. The highest BCUT2D eigenvalue weighted by atomic mass is 32.2. The summed E-state index contributed by atoms with van der Waals surface area (Å²) in [7, 11) is -2.29. The van der Waals surface area contributed by atoms with Gasteiger partial charge in [0, 0.05) is 18.4 Å². The molecule has 2 aromatic heterocycles. The van der Waals surface area contributed by atoms with Gasteiger partial charge in [0.1, 0.15) is 27.5 Å². The van der Waals surface area contributed by atoms with E-state index in [1.54, 1.807) is 30.3 Å². The summed E-state index contributed by atoms with van der Waals surface area (Å²) in [6.45, 7) is 0.138. The topological polar surface area (TPSA) is 106 Å². The van der Waals surface area contributed by atoms with Gasteiger partial charge < -0.3 is 15.4 Å². The molecule has 204 valence electrons. The molecular weight excluding hydrogens is 538 g/mol. The van der Waals surface area contributed by atoms with Crippen molar-refractivity contribution in [3.05, 3.63) is 66.0 Å². The summed E-state index contributed by atoms with van der Waals surface area (Å²) < 4.78 is 84.7. The molecule has 0 radical (unpaired) electrons. The van der Waals surface area contributed by atoms with Crippen LogP contribution in [0, 0.1) is 5.82 Å². The second kappa shape index (κ2) is 9.63. The van der Waals surface area contributed by atoms with Crippen molar-refractivity contribution >= 4 is 32.6 Å². The third kappa shape index (κ3) is 5.44. The summed E-state index contributed by atoms with van der Waals surface area (Å²) >= 11 is 0. The maximum absolute atomic E-state index is 13.8. The van der Waals surface area contributed by atoms with Crippen molar-refractivity contribution < 1.29 is 30.7 Å². The quantitative estimate of drug-likeness (QED) is 0.277. The Bertz CT molecular complexity index is 1670. The summed E-state index contributed by atoms with van der Waals surface area (Å²) in [4.78, 5) is 13.2. The number of pyridine rings is 1. The summed E-state index contributed by atoms with van der Waals surface area (Å²) in [6, 6.07) is 13.5. The molecule has 13 heteroatoms. The van der Waals surface area contributed by atoms with Crippen LogP contribution in [0.25, 0.3) is 22.3 Å². The average molecular weight is 562 g/mol. The molecule has 0 aliphatic heterocycles. The van der Waals surface area contributed by atoms with Gasteiger partial charge in [-0.25, -0.2) is 22.8 Å². The highest BCUT2D eigenvalue weighted by molar-refractivity contribution is 7.90. The summed E-state index contributed by atoms with van der Waals surface area (Å²) in [6.07, 6.45) is -3.71. The SMILES string of the molecule is COc1ccc(-c2ccc3nc(NCc4cccc(F)c4)nc(NC4(C(F)(F)F)CC4)c3n2)cc1S(C)(=O)=O. The Morgan fingerprint density at radius 3 is 2.44 bits per heavy atom. The summed E-state index contributed by atoms with van der Waals surface area (Å²) in [5, 5.41) is 5.47. The lowest BCUT2D eigenvalue weighted by Crippen LogP contribution is -2.39. The second-order valence-electron chi connectivity index (χ2n) is 9.29. The van der Waals surface area contributed by atoms with E-state index in [-0.39, 0.29) is 52.8 Å². The summed E-state index contributed by atoms with van der Waals surface area (Å²) in [5.74, 6) is -0.366. The maximum Gasteiger partial charge on any atom is 0.411 e. The number of anilines is 2. The maximum atomic E-state index is 13.8. The smallest absolute Gasteiger partial charge is 0.411 e. The van der Waals surface area contributed by atoms with Crippen LogP contribution in [-0.4, -0.2) is 48.5 Å². The van der Waals surface area contributed by atoms with Crippen LogP contribution in [-0.2, 0) is 16.4 Å². The van der Waals surface area contributed by atoms with Gasteiger partial charge in [-0.2, -0.15) is 18.2 Å². The van der Waals surface area contributed by atoms with E-state index in [9.17, 15) is 26.0 Å². The number of benzene rings is 2. The molecule has 0 atom stereocenters. The van der Waals surface area contributed by atoms with E-state index < -0.39 is 27.4 Å². The van der Waals surface area contributed by atoms with E-state index in [1.807, 2.05) is 0 Å². The fourth-order valence-corrected chi connectivity index (χ4v) is 4.98. The summed E-state index contributed by atoms with van der Waals surface area (Å²) in [5.41, 5.74) is -0.482. The lowest BCUT2D eigenvalue weighted by molar-refractivity contribution is -0.151. The first-order chi connectivity index (χ1) is 18.4. The van der Waals surface area contributed by atoms with E-state index >= 15 is 0 Å². The van der Waals surface area contributed by atoms with Crippen LogP contribution in [0.2, 0.25) is 0 Å². The average Bonchev–Trinajstić information content (AvgIpc) is 3.67. The Morgan fingerprint density at radius 1 is 1.03 bits per heavy atom. The van der Waals surface area contributed by atoms with Crippen LogP contribution in [0.4, 0.5) is 29.3 Å². The van der Waals surface area contributed by atoms with Gasteiger partial charge in [-0.1, -0.05) is 12.1 Å². The minimum Gasteiger partial charge on any atom is -0.495 e. The predicted molar refractivity (Wildman–Crippen MR) is 138 cm³/mol. The molecule has 2 heterocycles. The Balaban J connectivity index is 1.58. The highest BCUT2D eigenvalue weighted by Crippen LogP contribution is 2.51. The Kier molecular flexibility index (Phi) is 6.57. The molecule has 2 N–H and O–H groups in total. The molecule has 0 amide bonds. The molecule has 8 nitrogen and oxygen atoms in total. The molecule has 0 saturated heterocycles. The molecule has 0 unspecified atom stereocenters. The monoisotopic (exact) mass is 561 g/mol. The molecule has 4 aromatic rings. The molecule has 0 bridgehead atoms. The van der Waals surface area contributed by atoms with E-state index in [0.29, 0.717) is 16.8 Å². The molecular formula is C26H23F4N5O3S. The zero-order valence-electron chi connectivity index (χ0n) is 20.8.